The Morgan fingerprint density at radius 2 is 1.56 bits per heavy atom. The van der Waals surface area contributed by atoms with Crippen LogP contribution in [0.4, 0.5) is 35.1 Å². The smallest absolute Gasteiger partial charge is 0.425 e. The molecule has 1 unspecified atom stereocenters. The van der Waals surface area contributed by atoms with E-state index in [1.54, 1.807) is 6.07 Å². The third kappa shape index (κ3) is 5.17. The number of carbonyl (C=O) groups excluding carboxylic acids is 1. The van der Waals surface area contributed by atoms with Gasteiger partial charge in [-0.25, -0.2) is 8.78 Å². The number of benzene rings is 2. The van der Waals surface area contributed by atoms with Crippen molar-refractivity contribution in [3.63, 3.8) is 0 Å². The third-order valence-electron chi connectivity index (χ3n) is 5.70. The number of carbonyl (C=O) groups is 1. The Hall–Kier alpha value is -3.56. The van der Waals surface area contributed by atoms with E-state index in [9.17, 15) is 45.2 Å². The number of rotatable bonds is 6. The van der Waals surface area contributed by atoms with E-state index in [2.05, 4.69) is 0 Å². The molecule has 0 saturated carbocycles. The summed E-state index contributed by atoms with van der Waals surface area (Å²) in [5.74, 6) is -7.01. The molecule has 1 aliphatic heterocycles. The summed E-state index contributed by atoms with van der Waals surface area (Å²) in [6, 6.07) is 6.13. The van der Waals surface area contributed by atoms with Gasteiger partial charge < -0.3 is 14.4 Å². The molecule has 2 aromatic carbocycles. The highest BCUT2D eigenvalue weighted by atomic mass is 19.4. The van der Waals surface area contributed by atoms with E-state index in [0.29, 0.717) is 31.2 Å². The van der Waals surface area contributed by atoms with Crippen molar-refractivity contribution in [2.75, 3.05) is 20.2 Å². The lowest BCUT2D eigenvalue weighted by atomic mass is 9.87. The lowest BCUT2D eigenvalue weighted by molar-refractivity contribution is -0.189. The fourth-order valence-corrected chi connectivity index (χ4v) is 3.57. The molecule has 2 aromatic rings. The number of methoxy groups -OCH3 is 1. The van der Waals surface area contributed by atoms with Crippen LogP contribution in [-0.4, -0.2) is 43.3 Å². The van der Waals surface area contributed by atoms with E-state index in [-0.39, 0.29) is 11.3 Å². The highest BCUT2D eigenvalue weighted by Crippen LogP contribution is 2.44. The molecule has 1 fully saturated rings. The van der Waals surface area contributed by atoms with Crippen molar-refractivity contribution in [3.8, 4) is 17.6 Å². The van der Waals surface area contributed by atoms with Gasteiger partial charge in [0, 0.05) is 18.7 Å². The first kappa shape index (κ1) is 27.0. The molecular weight excluding hydrogens is 504 g/mol. The number of hydrogen-bond acceptors (Lipinski definition) is 4. The van der Waals surface area contributed by atoms with Crippen molar-refractivity contribution in [1.82, 2.24) is 4.90 Å². The monoisotopic (exact) mass is 522 g/mol. The van der Waals surface area contributed by atoms with Gasteiger partial charge in [-0.2, -0.15) is 31.6 Å². The summed E-state index contributed by atoms with van der Waals surface area (Å²) in [5.41, 5.74) is -2.51. The average Bonchev–Trinajstić information content (AvgIpc) is 2.76. The maximum atomic E-state index is 14.9. The highest BCUT2D eigenvalue weighted by molar-refractivity contribution is 6.01. The molecule has 0 bridgehead atoms. The van der Waals surface area contributed by atoms with Crippen LogP contribution in [0.3, 0.4) is 0 Å². The minimum atomic E-state index is -4.78. The first-order chi connectivity index (χ1) is 16.6. The molecule has 0 aromatic heterocycles. The Bertz CT molecular complexity index is 1160. The van der Waals surface area contributed by atoms with Gasteiger partial charge in [-0.15, -0.1) is 0 Å². The normalized spacial score (nSPS) is 15.6. The topological polar surface area (TPSA) is 62.6 Å². The standard InChI is InChI=1S/C23H18F8N2O3/c1-12(22(26,27)28)36-17-8-3-13(9-32)19(35-2)18(17)20(34)33-10-16(11-33)21(24,25)14-4-6-15(7-5-14)23(29,30)31/h3-8,12,16H,10-11H2,1-2H3. The lowest BCUT2D eigenvalue weighted by Crippen LogP contribution is -2.55. The summed E-state index contributed by atoms with van der Waals surface area (Å²) in [4.78, 5) is 14.0. The van der Waals surface area contributed by atoms with Gasteiger partial charge in [0.25, 0.3) is 11.8 Å². The van der Waals surface area contributed by atoms with Crippen LogP contribution in [0.1, 0.15) is 34.0 Å². The SMILES string of the molecule is COc1c(C#N)ccc(OC(C)C(F)(F)F)c1C(=O)N1CC(C(F)(F)c2ccc(C(F)(F)F)cc2)C1. The van der Waals surface area contributed by atoms with Gasteiger partial charge >= 0.3 is 12.4 Å². The Labute approximate surface area is 199 Å². The predicted molar refractivity (Wildman–Crippen MR) is 109 cm³/mol. The molecule has 1 atom stereocenters. The molecule has 0 N–H and O–H groups in total. The summed E-state index contributed by atoms with van der Waals surface area (Å²) >= 11 is 0. The van der Waals surface area contributed by atoms with E-state index in [1.165, 1.54) is 0 Å². The number of nitriles is 1. The zero-order chi connectivity index (χ0) is 27.1. The second-order valence-electron chi connectivity index (χ2n) is 8.04. The third-order valence-corrected chi connectivity index (χ3v) is 5.70. The Morgan fingerprint density at radius 3 is 2.03 bits per heavy atom. The summed E-state index contributed by atoms with van der Waals surface area (Å²) in [6.07, 6.45) is -11.8. The molecular formula is C23H18F8N2O3. The van der Waals surface area contributed by atoms with Crippen molar-refractivity contribution < 1.29 is 49.4 Å². The molecule has 0 aliphatic carbocycles. The molecule has 5 nitrogen and oxygen atoms in total. The van der Waals surface area contributed by atoms with Crippen LogP contribution in [0.25, 0.3) is 0 Å². The van der Waals surface area contributed by atoms with Crippen LogP contribution in [0, 0.1) is 17.2 Å². The van der Waals surface area contributed by atoms with Crippen LogP contribution in [0.5, 0.6) is 11.5 Å². The van der Waals surface area contributed by atoms with Gasteiger partial charge in [-0.05, 0) is 31.2 Å². The highest BCUT2D eigenvalue weighted by Gasteiger charge is 2.50. The largest absolute Gasteiger partial charge is 0.494 e. The molecule has 0 radical (unpaired) electrons. The summed E-state index contributed by atoms with van der Waals surface area (Å²) < 4.78 is 117. The van der Waals surface area contributed by atoms with Crippen LogP contribution in [0.2, 0.25) is 0 Å². The Balaban J connectivity index is 1.85. The fraction of sp³-hybridized carbons (Fsp3) is 0.391. The van der Waals surface area contributed by atoms with E-state index in [1.807, 2.05) is 0 Å². The maximum Gasteiger partial charge on any atom is 0.425 e. The van der Waals surface area contributed by atoms with Gasteiger partial charge in [0.2, 0.25) is 0 Å². The predicted octanol–water partition coefficient (Wildman–Crippen LogP) is 5.78. The number of ether oxygens (including phenoxy) is 2. The average molecular weight is 522 g/mol. The van der Waals surface area contributed by atoms with Crippen molar-refractivity contribution in [1.29, 1.82) is 5.26 Å². The quantitative estimate of drug-likeness (QED) is 0.452. The van der Waals surface area contributed by atoms with Crippen LogP contribution < -0.4 is 9.47 Å². The Kier molecular flexibility index (Phi) is 7.12. The van der Waals surface area contributed by atoms with E-state index in [4.69, 9.17) is 9.47 Å². The Morgan fingerprint density at radius 1 is 1.00 bits per heavy atom. The van der Waals surface area contributed by atoms with E-state index >= 15 is 0 Å². The van der Waals surface area contributed by atoms with E-state index < -0.39 is 71.7 Å². The molecule has 36 heavy (non-hydrogen) atoms. The van der Waals surface area contributed by atoms with Gasteiger partial charge in [0.15, 0.2) is 11.9 Å². The van der Waals surface area contributed by atoms with E-state index in [0.717, 1.165) is 24.1 Å². The summed E-state index contributed by atoms with van der Waals surface area (Å²) in [5, 5.41) is 9.27. The lowest BCUT2D eigenvalue weighted by Gasteiger charge is -2.43. The summed E-state index contributed by atoms with van der Waals surface area (Å²) in [6.45, 7) is -0.411. The molecule has 3 rings (SSSR count). The maximum absolute atomic E-state index is 14.9. The number of hydrogen-bond donors (Lipinski definition) is 0. The van der Waals surface area contributed by atoms with Crippen molar-refractivity contribution in [2.24, 2.45) is 5.92 Å². The minimum absolute atomic E-state index is 0.194. The second-order valence-corrected chi connectivity index (χ2v) is 8.04. The molecule has 1 aliphatic rings. The zero-order valence-electron chi connectivity index (χ0n) is 18.7. The molecule has 13 heteroatoms. The molecule has 1 amide bonds. The van der Waals surface area contributed by atoms with Crippen LogP contribution >= 0.6 is 0 Å². The van der Waals surface area contributed by atoms with Gasteiger partial charge in [0.05, 0.1) is 24.2 Å². The molecule has 194 valence electrons. The molecule has 0 spiro atoms. The van der Waals surface area contributed by atoms with Crippen molar-refractivity contribution in [2.45, 2.75) is 31.3 Å². The number of amides is 1. The van der Waals surface area contributed by atoms with Gasteiger partial charge in [0.1, 0.15) is 17.4 Å². The van der Waals surface area contributed by atoms with Crippen molar-refractivity contribution in [3.05, 3.63) is 58.7 Å². The summed E-state index contributed by atoms with van der Waals surface area (Å²) in [7, 11) is 1.07. The van der Waals surface area contributed by atoms with Crippen LogP contribution in [0.15, 0.2) is 36.4 Å². The fourth-order valence-electron chi connectivity index (χ4n) is 3.57. The second kappa shape index (κ2) is 9.48. The van der Waals surface area contributed by atoms with Gasteiger partial charge in [-0.3, -0.25) is 4.79 Å². The number of nitrogens with zero attached hydrogens (tertiary/aromatic N) is 2. The van der Waals surface area contributed by atoms with Gasteiger partial charge in [-0.1, -0.05) is 12.1 Å². The number of alkyl halides is 8. The first-order valence-electron chi connectivity index (χ1n) is 10.3. The number of halogens is 8. The van der Waals surface area contributed by atoms with Crippen LogP contribution in [-0.2, 0) is 12.1 Å². The molecule has 1 heterocycles. The van der Waals surface area contributed by atoms with Crippen molar-refractivity contribution >= 4 is 5.91 Å². The number of likely N-dealkylation sites (tertiary alicyclic amines) is 1. The zero-order valence-corrected chi connectivity index (χ0v) is 18.7. The molecule has 1 saturated heterocycles. The minimum Gasteiger partial charge on any atom is -0.494 e. The first-order valence-corrected chi connectivity index (χ1v) is 10.3.